The second-order valence-electron chi connectivity index (χ2n) is 4.15. The molecule has 0 radical (unpaired) electrons. The molecule has 0 aliphatic carbocycles. The van der Waals surface area contributed by atoms with Crippen LogP contribution in [0.5, 0.6) is 0 Å². The number of nitro benzene ring substituents is 1. The molecule has 0 aliphatic heterocycles. The monoisotopic (exact) mass is 306 g/mol. The summed E-state index contributed by atoms with van der Waals surface area (Å²) in [5, 5.41) is 14.5. The second kappa shape index (κ2) is 5.22. The summed E-state index contributed by atoms with van der Waals surface area (Å²) in [5.74, 6) is 0.728. The number of fused-ring (bicyclic) bond motifs is 1. The van der Waals surface area contributed by atoms with E-state index < -0.39 is 4.92 Å². The topological polar surface area (TPSA) is 84.7 Å². The van der Waals surface area contributed by atoms with E-state index in [4.69, 9.17) is 0 Å². The van der Waals surface area contributed by atoms with Crippen LogP contribution in [0.3, 0.4) is 0 Å². The Morgan fingerprint density at radius 3 is 3.00 bits per heavy atom. The molecule has 0 bridgehead atoms. The van der Waals surface area contributed by atoms with E-state index in [-0.39, 0.29) is 5.69 Å². The molecule has 2 heterocycles. The highest BCUT2D eigenvalue weighted by molar-refractivity contribution is 7.98. The Bertz CT molecular complexity index is 781. The zero-order chi connectivity index (χ0) is 14.1. The van der Waals surface area contributed by atoms with E-state index in [2.05, 4.69) is 15.0 Å². The van der Waals surface area contributed by atoms with Crippen LogP contribution in [0.2, 0.25) is 0 Å². The van der Waals surface area contributed by atoms with Gasteiger partial charge in [0.25, 0.3) is 5.69 Å². The van der Waals surface area contributed by atoms with Crippen molar-refractivity contribution in [2.24, 2.45) is 0 Å². The molecule has 8 heteroatoms. The fourth-order valence-electron chi connectivity index (χ4n) is 1.77. The fourth-order valence-corrected chi connectivity index (χ4v) is 3.27. The van der Waals surface area contributed by atoms with E-state index in [1.165, 1.54) is 23.9 Å². The molecule has 0 aliphatic rings. The van der Waals surface area contributed by atoms with Gasteiger partial charge in [-0.3, -0.25) is 10.1 Å². The lowest BCUT2D eigenvalue weighted by Crippen LogP contribution is -1.86. The van der Waals surface area contributed by atoms with Gasteiger partial charge in [-0.1, -0.05) is 11.8 Å². The Kier molecular flexibility index (Phi) is 3.41. The van der Waals surface area contributed by atoms with Crippen LogP contribution in [-0.2, 0) is 5.75 Å². The van der Waals surface area contributed by atoms with Gasteiger partial charge in [0.1, 0.15) is 0 Å². The minimum absolute atomic E-state index is 0.0628. The summed E-state index contributed by atoms with van der Waals surface area (Å²) < 4.78 is 0. The molecule has 1 N–H and O–H groups in total. The number of non-ortho nitro benzene ring substituents is 1. The van der Waals surface area contributed by atoms with Crippen molar-refractivity contribution in [1.82, 2.24) is 15.0 Å². The van der Waals surface area contributed by atoms with Gasteiger partial charge in [0, 0.05) is 23.3 Å². The summed E-state index contributed by atoms with van der Waals surface area (Å²) in [6.45, 7) is 1.97. The quantitative estimate of drug-likeness (QED) is 0.453. The van der Waals surface area contributed by atoms with E-state index >= 15 is 0 Å². The van der Waals surface area contributed by atoms with Gasteiger partial charge in [-0.2, -0.15) is 0 Å². The second-order valence-corrected chi connectivity index (χ2v) is 6.17. The number of thiazole rings is 1. The van der Waals surface area contributed by atoms with Crippen LogP contribution in [0, 0.1) is 17.0 Å². The number of H-pyrrole nitrogens is 1. The summed E-state index contributed by atoms with van der Waals surface area (Å²) in [6.07, 6.45) is 0. The van der Waals surface area contributed by atoms with Crippen molar-refractivity contribution in [3.63, 3.8) is 0 Å². The number of aromatic nitrogens is 3. The highest BCUT2D eigenvalue weighted by Crippen LogP contribution is 2.25. The van der Waals surface area contributed by atoms with Gasteiger partial charge in [-0.15, -0.1) is 11.3 Å². The molecule has 0 amide bonds. The first-order chi connectivity index (χ1) is 9.61. The molecular formula is C12H10N4O2S2. The minimum atomic E-state index is -0.412. The number of aromatic amines is 1. The van der Waals surface area contributed by atoms with Crippen LogP contribution in [0.25, 0.3) is 11.0 Å². The molecule has 102 valence electrons. The summed E-state index contributed by atoms with van der Waals surface area (Å²) in [4.78, 5) is 22.2. The van der Waals surface area contributed by atoms with Crippen LogP contribution < -0.4 is 0 Å². The third kappa shape index (κ3) is 2.66. The lowest BCUT2D eigenvalue weighted by molar-refractivity contribution is -0.384. The van der Waals surface area contributed by atoms with Gasteiger partial charge in [-0.25, -0.2) is 9.97 Å². The summed E-state index contributed by atoms with van der Waals surface area (Å²) in [5.41, 5.74) is 2.49. The minimum Gasteiger partial charge on any atom is -0.333 e. The first kappa shape index (κ1) is 13.1. The molecule has 20 heavy (non-hydrogen) atoms. The normalized spacial score (nSPS) is 11.1. The molecule has 0 atom stereocenters. The number of imidazole rings is 1. The Balaban J connectivity index is 1.80. The van der Waals surface area contributed by atoms with Gasteiger partial charge in [-0.05, 0) is 13.0 Å². The Morgan fingerprint density at radius 1 is 1.45 bits per heavy atom. The molecule has 6 nitrogen and oxygen atoms in total. The van der Waals surface area contributed by atoms with Crippen LogP contribution >= 0.6 is 23.1 Å². The van der Waals surface area contributed by atoms with Crippen molar-refractivity contribution < 1.29 is 4.92 Å². The first-order valence-electron chi connectivity index (χ1n) is 5.80. The predicted octanol–water partition coefficient (Wildman–Crippen LogP) is 3.53. The molecule has 2 aromatic heterocycles. The number of hydrogen-bond acceptors (Lipinski definition) is 6. The molecule has 0 saturated carbocycles. The van der Waals surface area contributed by atoms with Crippen LogP contribution in [-0.4, -0.2) is 19.9 Å². The maximum absolute atomic E-state index is 10.7. The average Bonchev–Trinajstić information content (AvgIpc) is 3.00. The van der Waals surface area contributed by atoms with Crippen molar-refractivity contribution in [1.29, 1.82) is 0 Å². The van der Waals surface area contributed by atoms with Crippen molar-refractivity contribution >= 4 is 39.8 Å². The molecule has 0 fully saturated rings. The number of nitro groups is 1. The molecular weight excluding hydrogens is 296 g/mol. The van der Waals surface area contributed by atoms with E-state index in [0.717, 1.165) is 27.1 Å². The number of benzene rings is 1. The van der Waals surface area contributed by atoms with E-state index in [0.29, 0.717) is 5.52 Å². The Morgan fingerprint density at radius 2 is 2.30 bits per heavy atom. The highest BCUT2D eigenvalue weighted by atomic mass is 32.2. The summed E-state index contributed by atoms with van der Waals surface area (Å²) in [7, 11) is 0. The number of aryl methyl sites for hydroxylation is 1. The number of thioether (sulfide) groups is 1. The van der Waals surface area contributed by atoms with E-state index in [1.807, 2.05) is 12.3 Å². The van der Waals surface area contributed by atoms with Gasteiger partial charge >= 0.3 is 0 Å². The number of rotatable bonds is 4. The van der Waals surface area contributed by atoms with Crippen LogP contribution in [0.4, 0.5) is 5.69 Å². The molecule has 0 spiro atoms. The zero-order valence-electron chi connectivity index (χ0n) is 10.5. The number of nitrogens with one attached hydrogen (secondary N) is 1. The first-order valence-corrected chi connectivity index (χ1v) is 7.66. The van der Waals surface area contributed by atoms with E-state index in [9.17, 15) is 10.1 Å². The fraction of sp³-hybridized carbons (Fsp3) is 0.167. The van der Waals surface area contributed by atoms with Crippen LogP contribution in [0.15, 0.2) is 28.7 Å². The number of nitrogens with zero attached hydrogens (tertiary/aromatic N) is 3. The third-order valence-corrected chi connectivity index (χ3v) is 4.41. The maximum atomic E-state index is 10.7. The Hall–Kier alpha value is -1.93. The van der Waals surface area contributed by atoms with Crippen LogP contribution in [0.1, 0.15) is 10.7 Å². The van der Waals surface area contributed by atoms with Gasteiger partial charge in [0.2, 0.25) is 0 Å². The average molecular weight is 306 g/mol. The van der Waals surface area contributed by atoms with Crippen molar-refractivity contribution in [2.75, 3.05) is 0 Å². The van der Waals surface area contributed by atoms with Crippen molar-refractivity contribution in [2.45, 2.75) is 17.8 Å². The van der Waals surface area contributed by atoms with Crippen molar-refractivity contribution in [3.8, 4) is 0 Å². The SMILES string of the molecule is Cc1nc(CSc2nc3ccc([N+](=O)[O-])cc3[nH]2)cs1. The molecule has 1 aromatic carbocycles. The zero-order valence-corrected chi connectivity index (χ0v) is 12.1. The molecule has 0 saturated heterocycles. The Labute approximate surface area is 122 Å². The summed E-state index contributed by atoms with van der Waals surface area (Å²) in [6, 6.07) is 4.61. The largest absolute Gasteiger partial charge is 0.333 e. The third-order valence-electron chi connectivity index (χ3n) is 2.68. The lowest BCUT2D eigenvalue weighted by Gasteiger charge is -1.92. The predicted molar refractivity (Wildman–Crippen MR) is 79.2 cm³/mol. The number of hydrogen-bond donors (Lipinski definition) is 1. The summed E-state index contributed by atoms with van der Waals surface area (Å²) >= 11 is 3.15. The van der Waals surface area contributed by atoms with Gasteiger partial charge in [0.05, 0.1) is 26.7 Å². The molecule has 3 rings (SSSR count). The highest BCUT2D eigenvalue weighted by Gasteiger charge is 2.10. The lowest BCUT2D eigenvalue weighted by atomic mass is 10.3. The van der Waals surface area contributed by atoms with E-state index in [1.54, 1.807) is 17.4 Å². The van der Waals surface area contributed by atoms with Crippen molar-refractivity contribution in [3.05, 3.63) is 44.4 Å². The van der Waals surface area contributed by atoms with Gasteiger partial charge < -0.3 is 4.98 Å². The van der Waals surface area contributed by atoms with Gasteiger partial charge in [0.15, 0.2) is 5.16 Å². The molecule has 3 aromatic rings. The molecule has 0 unspecified atom stereocenters. The standard InChI is InChI=1S/C12H10N4O2S2/c1-7-13-8(5-19-7)6-20-12-14-10-3-2-9(16(17)18)4-11(10)15-12/h2-5H,6H2,1H3,(H,14,15). The smallest absolute Gasteiger partial charge is 0.271 e. The maximum Gasteiger partial charge on any atom is 0.271 e.